The van der Waals surface area contributed by atoms with E-state index in [0.29, 0.717) is 35.2 Å². The molecule has 3 amide bonds. The highest BCUT2D eigenvalue weighted by Crippen LogP contribution is 2.37. The second-order valence-electron chi connectivity index (χ2n) is 6.44. The molecule has 0 spiro atoms. The average molecular weight is 441 g/mol. The Labute approximate surface area is 177 Å². The summed E-state index contributed by atoms with van der Waals surface area (Å²) in [5, 5.41) is 2.54. The van der Waals surface area contributed by atoms with E-state index in [0.717, 1.165) is 29.5 Å². The number of halogens is 1. The molecule has 0 aromatic heterocycles. The minimum atomic E-state index is -0.541. The quantitative estimate of drug-likeness (QED) is 0.651. The van der Waals surface area contributed by atoms with E-state index in [1.54, 1.807) is 12.1 Å². The van der Waals surface area contributed by atoms with Gasteiger partial charge in [0.05, 0.1) is 30.3 Å². The lowest BCUT2D eigenvalue weighted by Gasteiger charge is -2.14. The van der Waals surface area contributed by atoms with E-state index >= 15 is 0 Å². The van der Waals surface area contributed by atoms with Crippen molar-refractivity contribution in [3.8, 4) is 11.5 Å². The van der Waals surface area contributed by atoms with Gasteiger partial charge in [0.1, 0.15) is 18.0 Å². The number of amides is 3. The molecule has 1 N–H and O–H groups in total. The maximum absolute atomic E-state index is 12.6. The van der Waals surface area contributed by atoms with Crippen molar-refractivity contribution in [2.75, 3.05) is 33.9 Å². The van der Waals surface area contributed by atoms with E-state index in [4.69, 9.17) is 25.8 Å². The molecule has 0 unspecified atom stereocenters. The Kier molecular flexibility index (Phi) is 7.05. The molecule has 3 rings (SSSR count). The number of ether oxygens (including phenoxy) is 3. The number of carbonyl (C=O) groups is 3. The third kappa shape index (κ3) is 5.04. The third-order valence-corrected chi connectivity index (χ3v) is 5.72. The lowest BCUT2D eigenvalue weighted by molar-refractivity contribution is -0.129. The molecule has 8 nitrogen and oxygen atoms in total. The summed E-state index contributed by atoms with van der Waals surface area (Å²) < 4.78 is 15.9. The first-order valence-electron chi connectivity index (χ1n) is 8.98. The molecule has 29 heavy (non-hydrogen) atoms. The number of nitrogens with one attached hydrogen (secondary N) is 1. The molecule has 2 aliphatic heterocycles. The van der Waals surface area contributed by atoms with Crippen LogP contribution in [0.3, 0.4) is 0 Å². The summed E-state index contributed by atoms with van der Waals surface area (Å²) in [7, 11) is 2.96. The summed E-state index contributed by atoms with van der Waals surface area (Å²) in [5.74, 6) is -0.0839. The molecule has 0 bridgehead atoms. The van der Waals surface area contributed by atoms with Crippen LogP contribution in [0.4, 0.5) is 4.79 Å². The Hall–Kier alpha value is -2.23. The number of hydrogen-bond donors (Lipinski definition) is 1. The van der Waals surface area contributed by atoms with E-state index in [2.05, 4.69) is 5.32 Å². The van der Waals surface area contributed by atoms with Crippen molar-refractivity contribution >= 4 is 46.5 Å². The van der Waals surface area contributed by atoms with Crippen molar-refractivity contribution in [3.63, 3.8) is 0 Å². The predicted octanol–water partition coefficient (Wildman–Crippen LogP) is 2.69. The number of imide groups is 1. The second-order valence-corrected chi connectivity index (χ2v) is 7.84. The number of rotatable bonds is 7. The molecular formula is C19H21ClN2O6S. The Morgan fingerprint density at radius 1 is 1.34 bits per heavy atom. The molecule has 0 saturated carbocycles. The van der Waals surface area contributed by atoms with E-state index in [1.807, 2.05) is 0 Å². The van der Waals surface area contributed by atoms with Crippen LogP contribution in [0.2, 0.25) is 5.02 Å². The Balaban J connectivity index is 1.69. The molecule has 0 aliphatic carbocycles. The van der Waals surface area contributed by atoms with Gasteiger partial charge in [-0.15, -0.1) is 0 Å². The lowest BCUT2D eigenvalue weighted by atomic mass is 10.1. The van der Waals surface area contributed by atoms with E-state index in [-0.39, 0.29) is 17.6 Å². The SMILES string of the molecule is COc1cc(OC)c(/C=C2\SC(=O)N(CC(=O)NC[C@H]3CCCO3)C2=O)cc1Cl. The van der Waals surface area contributed by atoms with Gasteiger partial charge in [0.2, 0.25) is 5.91 Å². The summed E-state index contributed by atoms with van der Waals surface area (Å²) in [6.07, 6.45) is 3.35. The van der Waals surface area contributed by atoms with Gasteiger partial charge in [-0.05, 0) is 36.7 Å². The molecular weight excluding hydrogens is 420 g/mol. The van der Waals surface area contributed by atoms with Crippen LogP contribution >= 0.6 is 23.4 Å². The first-order valence-corrected chi connectivity index (χ1v) is 10.2. The van der Waals surface area contributed by atoms with Crippen molar-refractivity contribution in [2.24, 2.45) is 0 Å². The molecule has 1 aromatic carbocycles. The standard InChI is InChI=1S/C19H21ClN2O6S/c1-26-14-8-15(27-2)13(20)6-11(14)7-16-18(24)22(19(25)29-16)10-17(23)21-9-12-4-3-5-28-12/h6-8,12H,3-5,9-10H2,1-2H3,(H,21,23)/b16-7-/t12-/m1/s1. The first kappa shape index (κ1) is 21.5. The number of nitrogens with zero attached hydrogens (tertiary/aromatic N) is 1. The highest BCUT2D eigenvalue weighted by molar-refractivity contribution is 8.18. The largest absolute Gasteiger partial charge is 0.496 e. The van der Waals surface area contributed by atoms with Gasteiger partial charge < -0.3 is 19.5 Å². The van der Waals surface area contributed by atoms with E-state index in [9.17, 15) is 14.4 Å². The van der Waals surface area contributed by atoms with Gasteiger partial charge >= 0.3 is 0 Å². The smallest absolute Gasteiger partial charge is 0.294 e. The maximum atomic E-state index is 12.6. The second kappa shape index (κ2) is 9.51. The number of benzene rings is 1. The lowest BCUT2D eigenvalue weighted by Crippen LogP contribution is -2.41. The number of methoxy groups -OCH3 is 2. The number of hydrogen-bond acceptors (Lipinski definition) is 7. The van der Waals surface area contributed by atoms with E-state index in [1.165, 1.54) is 20.3 Å². The summed E-state index contributed by atoms with van der Waals surface area (Å²) in [4.78, 5) is 38.1. The predicted molar refractivity (Wildman–Crippen MR) is 109 cm³/mol. The van der Waals surface area contributed by atoms with Crippen LogP contribution in [-0.4, -0.2) is 62.0 Å². The highest BCUT2D eigenvalue weighted by Gasteiger charge is 2.36. The van der Waals surface area contributed by atoms with Crippen LogP contribution in [-0.2, 0) is 14.3 Å². The summed E-state index contributed by atoms with van der Waals surface area (Å²) in [6.45, 7) is 0.717. The van der Waals surface area contributed by atoms with Crippen molar-refractivity contribution in [1.29, 1.82) is 0 Å². The van der Waals surface area contributed by atoms with Crippen LogP contribution in [0.15, 0.2) is 17.0 Å². The number of thioether (sulfide) groups is 1. The molecule has 156 valence electrons. The molecule has 2 heterocycles. The molecule has 0 radical (unpaired) electrons. The average Bonchev–Trinajstić information content (AvgIpc) is 3.31. The van der Waals surface area contributed by atoms with Crippen LogP contribution in [0.5, 0.6) is 11.5 Å². The zero-order valence-corrected chi connectivity index (χ0v) is 17.6. The van der Waals surface area contributed by atoms with Gasteiger partial charge in [0.25, 0.3) is 11.1 Å². The number of carbonyl (C=O) groups excluding carboxylic acids is 3. The van der Waals surface area contributed by atoms with Crippen LogP contribution in [0.25, 0.3) is 6.08 Å². The maximum Gasteiger partial charge on any atom is 0.294 e. The molecule has 1 atom stereocenters. The fraction of sp³-hybridized carbons (Fsp3) is 0.421. The van der Waals surface area contributed by atoms with Crippen molar-refractivity contribution in [1.82, 2.24) is 10.2 Å². The fourth-order valence-electron chi connectivity index (χ4n) is 3.01. The van der Waals surface area contributed by atoms with Gasteiger partial charge in [-0.1, -0.05) is 11.6 Å². The van der Waals surface area contributed by atoms with Gasteiger partial charge in [-0.3, -0.25) is 19.3 Å². The fourth-order valence-corrected chi connectivity index (χ4v) is 4.08. The molecule has 2 fully saturated rings. The van der Waals surface area contributed by atoms with Gasteiger partial charge in [0.15, 0.2) is 0 Å². The zero-order chi connectivity index (χ0) is 21.0. The third-order valence-electron chi connectivity index (χ3n) is 4.52. The normalized spacial score (nSPS) is 20.4. The Bertz CT molecular complexity index is 853. The first-order chi connectivity index (χ1) is 13.9. The van der Waals surface area contributed by atoms with Crippen LogP contribution < -0.4 is 14.8 Å². The van der Waals surface area contributed by atoms with Gasteiger partial charge in [-0.2, -0.15) is 0 Å². The minimum absolute atomic E-state index is 0.0129. The molecule has 1 aromatic rings. The summed E-state index contributed by atoms with van der Waals surface area (Å²) in [6, 6.07) is 3.18. The topological polar surface area (TPSA) is 94.2 Å². The molecule has 2 saturated heterocycles. The zero-order valence-electron chi connectivity index (χ0n) is 16.0. The van der Waals surface area contributed by atoms with Crippen molar-refractivity contribution in [2.45, 2.75) is 18.9 Å². The summed E-state index contributed by atoms with van der Waals surface area (Å²) in [5.41, 5.74) is 0.520. The molecule has 10 heteroatoms. The Morgan fingerprint density at radius 2 is 2.10 bits per heavy atom. The van der Waals surface area contributed by atoms with Crippen molar-refractivity contribution < 1.29 is 28.6 Å². The summed E-state index contributed by atoms with van der Waals surface area (Å²) >= 11 is 6.91. The Morgan fingerprint density at radius 3 is 2.76 bits per heavy atom. The van der Waals surface area contributed by atoms with Gasteiger partial charge in [0, 0.05) is 24.8 Å². The monoisotopic (exact) mass is 440 g/mol. The highest BCUT2D eigenvalue weighted by atomic mass is 35.5. The van der Waals surface area contributed by atoms with Crippen LogP contribution in [0.1, 0.15) is 18.4 Å². The van der Waals surface area contributed by atoms with Gasteiger partial charge in [-0.25, -0.2) is 0 Å². The van der Waals surface area contributed by atoms with Crippen LogP contribution in [0, 0.1) is 0 Å². The minimum Gasteiger partial charge on any atom is -0.496 e. The van der Waals surface area contributed by atoms with E-state index < -0.39 is 17.1 Å². The van der Waals surface area contributed by atoms with Crippen molar-refractivity contribution in [3.05, 3.63) is 27.6 Å². The molecule has 2 aliphatic rings.